The van der Waals surface area contributed by atoms with Crippen molar-refractivity contribution in [3.8, 4) is 11.3 Å². The number of hydrogen-bond donors (Lipinski definition) is 3. The number of halogens is 3. The number of nitrogen functional groups attached to an aromatic ring is 1. The van der Waals surface area contributed by atoms with Gasteiger partial charge in [0.25, 0.3) is 5.91 Å². The lowest BCUT2D eigenvalue weighted by Crippen LogP contribution is -2.31. The van der Waals surface area contributed by atoms with Crippen molar-refractivity contribution in [3.63, 3.8) is 0 Å². The number of anilines is 1. The minimum Gasteiger partial charge on any atom is -0.394 e. The Kier molecular flexibility index (Phi) is 7.38. The number of carbonyl (C=O) groups is 1. The minimum atomic E-state index is -0.783. The maximum absolute atomic E-state index is 15.0. The van der Waals surface area contributed by atoms with Gasteiger partial charge in [-0.3, -0.25) is 4.79 Å². The Morgan fingerprint density at radius 3 is 2.65 bits per heavy atom. The fourth-order valence-corrected chi connectivity index (χ4v) is 4.41. The average molecular weight is 487 g/mol. The van der Waals surface area contributed by atoms with Crippen molar-refractivity contribution >= 4 is 23.3 Å². The van der Waals surface area contributed by atoms with Gasteiger partial charge in [-0.25, -0.2) is 18.7 Å². The number of hydrogen-bond acceptors (Lipinski definition) is 5. The molecule has 1 aliphatic carbocycles. The molecule has 1 fully saturated rings. The number of aliphatic hydroxyl groups is 1. The molecule has 1 saturated carbocycles. The molecule has 4 rings (SSSR count). The lowest BCUT2D eigenvalue weighted by Gasteiger charge is -2.24. The van der Waals surface area contributed by atoms with Crippen LogP contribution in [0.25, 0.3) is 11.3 Å². The summed E-state index contributed by atoms with van der Waals surface area (Å²) in [6.45, 7) is -0.380. The summed E-state index contributed by atoms with van der Waals surface area (Å²) in [6, 6.07) is 10.0. The van der Waals surface area contributed by atoms with Gasteiger partial charge in [0, 0.05) is 16.5 Å². The highest BCUT2D eigenvalue weighted by atomic mass is 35.5. The summed E-state index contributed by atoms with van der Waals surface area (Å²) in [7, 11) is 0. The number of carbonyl (C=O) groups excluding carboxylic acids is 1. The molecule has 178 valence electrons. The normalized spacial score (nSPS) is 18.9. The van der Waals surface area contributed by atoms with Crippen molar-refractivity contribution in [1.82, 2.24) is 15.3 Å². The smallest absolute Gasteiger partial charge is 0.254 e. The van der Waals surface area contributed by atoms with E-state index in [9.17, 15) is 18.7 Å². The van der Waals surface area contributed by atoms with Crippen molar-refractivity contribution in [2.75, 3.05) is 12.3 Å². The Bertz CT molecular complexity index is 1190. The van der Waals surface area contributed by atoms with Crippen LogP contribution >= 0.6 is 11.6 Å². The first-order chi connectivity index (χ1) is 16.4. The molecule has 6 nitrogen and oxygen atoms in total. The van der Waals surface area contributed by atoms with Crippen LogP contribution in [-0.4, -0.2) is 33.8 Å². The molecule has 1 heterocycles. The zero-order chi connectivity index (χ0) is 24.2. The average Bonchev–Trinajstić information content (AvgIpc) is 2.83. The second-order valence-electron chi connectivity index (χ2n) is 8.44. The van der Waals surface area contributed by atoms with Crippen molar-refractivity contribution in [1.29, 1.82) is 0 Å². The van der Waals surface area contributed by atoms with Gasteiger partial charge in [-0.1, -0.05) is 29.8 Å². The van der Waals surface area contributed by atoms with Gasteiger partial charge in [0.15, 0.2) is 0 Å². The zero-order valence-corrected chi connectivity index (χ0v) is 19.1. The van der Waals surface area contributed by atoms with Crippen LogP contribution in [0.1, 0.15) is 59.3 Å². The molecule has 2 aromatic carbocycles. The molecule has 4 N–H and O–H groups in total. The molecule has 0 spiro atoms. The number of alkyl halides is 1. The molecular weight excluding hydrogens is 462 g/mol. The first-order valence-electron chi connectivity index (χ1n) is 11.1. The first kappa shape index (κ1) is 24.0. The Balaban J connectivity index is 1.55. The second kappa shape index (κ2) is 10.4. The van der Waals surface area contributed by atoms with E-state index in [0.29, 0.717) is 53.2 Å². The summed E-state index contributed by atoms with van der Waals surface area (Å²) in [5, 5.41) is 12.8. The van der Waals surface area contributed by atoms with Gasteiger partial charge in [0.2, 0.25) is 0 Å². The fourth-order valence-electron chi connectivity index (χ4n) is 4.21. The van der Waals surface area contributed by atoms with Gasteiger partial charge in [-0.2, -0.15) is 0 Å². The van der Waals surface area contributed by atoms with Gasteiger partial charge in [-0.15, -0.1) is 0 Å². The van der Waals surface area contributed by atoms with Crippen molar-refractivity contribution in [2.45, 2.75) is 43.8 Å². The quantitative estimate of drug-likeness (QED) is 0.456. The van der Waals surface area contributed by atoms with Crippen molar-refractivity contribution < 1.29 is 18.7 Å². The molecule has 0 bridgehead atoms. The third-order valence-corrected chi connectivity index (χ3v) is 6.36. The maximum atomic E-state index is 15.0. The molecule has 1 atom stereocenters. The molecule has 1 aromatic heterocycles. The third-order valence-electron chi connectivity index (χ3n) is 6.12. The number of benzene rings is 2. The van der Waals surface area contributed by atoms with E-state index in [-0.39, 0.29) is 23.9 Å². The van der Waals surface area contributed by atoms with E-state index < -0.39 is 23.9 Å². The molecular formula is C25H25ClF2N4O2. The summed E-state index contributed by atoms with van der Waals surface area (Å²) in [6.07, 6.45) is 3.11. The Morgan fingerprint density at radius 2 is 1.97 bits per heavy atom. The first-order valence-corrected chi connectivity index (χ1v) is 11.5. The SMILES string of the molecule is Nc1ncc([C@H]2CC[C@@H](F)CC2)nc1-c1ccc(C(=O)N[C@H](CO)c2cccc(Cl)c2)c(F)c1. The maximum Gasteiger partial charge on any atom is 0.254 e. The van der Waals surface area contributed by atoms with Gasteiger partial charge in [-0.05, 0) is 55.5 Å². The van der Waals surface area contributed by atoms with Crippen LogP contribution in [0, 0.1) is 5.82 Å². The molecule has 3 aromatic rings. The molecule has 0 radical (unpaired) electrons. The molecule has 34 heavy (non-hydrogen) atoms. The van der Waals surface area contributed by atoms with E-state index >= 15 is 0 Å². The highest BCUT2D eigenvalue weighted by molar-refractivity contribution is 6.30. The van der Waals surface area contributed by atoms with E-state index in [1.165, 1.54) is 12.1 Å². The van der Waals surface area contributed by atoms with Crippen LogP contribution in [0.2, 0.25) is 5.02 Å². The standard InChI is InChI=1S/C25H25ClF2N4O2/c26-17-3-1-2-15(10-17)22(13-33)32-25(34)19-9-6-16(11-20(19)28)23-24(29)30-12-21(31-23)14-4-7-18(27)8-5-14/h1-3,6,9-12,14,18,22,33H,4-5,7-8,13H2,(H2,29,30)(H,32,34)/t14-,18+,22-/m1/s1. The number of nitrogens with zero attached hydrogens (tertiary/aromatic N) is 2. The highest BCUT2D eigenvalue weighted by Crippen LogP contribution is 2.35. The molecule has 0 saturated heterocycles. The predicted molar refractivity (Wildman–Crippen MR) is 127 cm³/mol. The summed E-state index contributed by atoms with van der Waals surface area (Å²) in [5.41, 5.74) is 7.82. The van der Waals surface area contributed by atoms with E-state index in [1.807, 2.05) is 0 Å². The van der Waals surface area contributed by atoms with Crippen LogP contribution in [0.5, 0.6) is 0 Å². The number of nitrogens with one attached hydrogen (secondary N) is 1. The highest BCUT2D eigenvalue weighted by Gasteiger charge is 2.24. The minimum absolute atomic E-state index is 0.0793. The van der Waals surface area contributed by atoms with E-state index in [1.54, 1.807) is 36.5 Å². The zero-order valence-electron chi connectivity index (χ0n) is 18.3. The molecule has 1 aliphatic rings. The van der Waals surface area contributed by atoms with E-state index in [2.05, 4.69) is 15.3 Å². The molecule has 9 heteroatoms. The predicted octanol–water partition coefficient (Wildman–Crippen LogP) is 4.98. The summed E-state index contributed by atoms with van der Waals surface area (Å²) < 4.78 is 28.5. The second-order valence-corrected chi connectivity index (χ2v) is 8.87. The van der Waals surface area contributed by atoms with Crippen LogP contribution in [0.15, 0.2) is 48.7 Å². The Hall–Kier alpha value is -3.10. The number of aliphatic hydroxyl groups excluding tert-OH is 1. The monoisotopic (exact) mass is 486 g/mol. The summed E-state index contributed by atoms with van der Waals surface area (Å²) >= 11 is 5.99. The molecule has 0 unspecified atom stereocenters. The van der Waals surface area contributed by atoms with Crippen LogP contribution in [0.4, 0.5) is 14.6 Å². The van der Waals surface area contributed by atoms with Crippen molar-refractivity contribution in [3.05, 3.63) is 76.3 Å². The van der Waals surface area contributed by atoms with Gasteiger partial charge >= 0.3 is 0 Å². The van der Waals surface area contributed by atoms with Gasteiger partial charge in [0.1, 0.15) is 23.5 Å². The fraction of sp³-hybridized carbons (Fsp3) is 0.320. The van der Waals surface area contributed by atoms with Gasteiger partial charge in [0.05, 0.1) is 30.1 Å². The Morgan fingerprint density at radius 1 is 1.21 bits per heavy atom. The number of amides is 1. The lowest BCUT2D eigenvalue weighted by molar-refractivity contribution is 0.0912. The van der Waals surface area contributed by atoms with Crippen molar-refractivity contribution in [2.24, 2.45) is 0 Å². The van der Waals surface area contributed by atoms with Crippen LogP contribution in [0.3, 0.4) is 0 Å². The summed E-state index contributed by atoms with van der Waals surface area (Å²) in [4.78, 5) is 21.5. The van der Waals surface area contributed by atoms with Crippen LogP contribution < -0.4 is 11.1 Å². The van der Waals surface area contributed by atoms with E-state index in [4.69, 9.17) is 17.3 Å². The Labute approximate surface area is 201 Å². The van der Waals surface area contributed by atoms with E-state index in [0.717, 1.165) is 0 Å². The number of nitrogens with two attached hydrogens (primary N) is 1. The molecule has 0 aliphatic heterocycles. The topological polar surface area (TPSA) is 101 Å². The molecule has 1 amide bonds. The van der Waals surface area contributed by atoms with Gasteiger partial charge < -0.3 is 16.2 Å². The van der Waals surface area contributed by atoms with Crippen LogP contribution in [-0.2, 0) is 0 Å². The third kappa shape index (κ3) is 5.34. The largest absolute Gasteiger partial charge is 0.394 e. The number of aromatic nitrogens is 2. The summed E-state index contributed by atoms with van der Waals surface area (Å²) in [5.74, 6) is -1.22. The lowest BCUT2D eigenvalue weighted by atomic mass is 9.86. The number of rotatable bonds is 6.